The second-order valence-corrected chi connectivity index (χ2v) is 10.1. The van der Waals surface area contributed by atoms with Gasteiger partial charge in [-0.25, -0.2) is 0 Å². The smallest absolute Gasteiger partial charge is 0.255 e. The fraction of sp³-hybridized carbons (Fsp3) is 0.462. The summed E-state index contributed by atoms with van der Waals surface area (Å²) in [5.74, 6) is 0.211. The number of benzene rings is 2. The van der Waals surface area contributed by atoms with Crippen LogP contribution in [-0.4, -0.2) is 47.7 Å². The summed E-state index contributed by atoms with van der Waals surface area (Å²) in [5, 5.41) is 6.69. The Morgan fingerprint density at radius 2 is 1.69 bits per heavy atom. The molecule has 1 aliphatic carbocycles. The Morgan fingerprint density at radius 3 is 2.41 bits per heavy atom. The van der Waals surface area contributed by atoms with Gasteiger partial charge in [-0.2, -0.15) is 0 Å². The maximum atomic E-state index is 13.5. The number of piperidine rings is 1. The second-order valence-electron chi connectivity index (χ2n) is 10.1. The molecule has 1 saturated carbocycles. The lowest BCUT2D eigenvalue weighted by atomic mass is 9.83. The number of rotatable bonds is 2. The molecule has 6 nitrogen and oxygen atoms in total. The van der Waals surface area contributed by atoms with Crippen LogP contribution in [0.2, 0.25) is 0 Å². The average molecular weight is 432 g/mol. The van der Waals surface area contributed by atoms with Crippen LogP contribution in [0.3, 0.4) is 0 Å². The first kappa shape index (κ1) is 19.8. The number of amides is 2. The molecular weight excluding hydrogens is 402 g/mol. The van der Waals surface area contributed by atoms with E-state index < -0.39 is 5.66 Å². The first-order valence-corrected chi connectivity index (χ1v) is 11.6. The van der Waals surface area contributed by atoms with E-state index in [9.17, 15) is 9.59 Å². The molecule has 0 aromatic heterocycles. The van der Waals surface area contributed by atoms with Crippen LogP contribution in [0.25, 0.3) is 0 Å². The Kier molecular flexibility index (Phi) is 4.22. The molecule has 2 aromatic rings. The highest BCUT2D eigenvalue weighted by atomic mass is 16.5. The van der Waals surface area contributed by atoms with Crippen LogP contribution in [0.5, 0.6) is 0 Å². The summed E-state index contributed by atoms with van der Waals surface area (Å²) in [5.41, 5.74) is 2.70. The number of nitrogens with one attached hydrogen (secondary N) is 2. The number of aryl methyl sites for hydroxylation is 1. The third kappa shape index (κ3) is 3.04. The Morgan fingerprint density at radius 1 is 0.969 bits per heavy atom. The van der Waals surface area contributed by atoms with Crippen molar-refractivity contribution < 1.29 is 14.3 Å². The molecule has 2 amide bonds. The SMILES string of the molecule is Cc1ccc(C2(C(=O)N3CCC4(CC3)C[C@]3(CO4)NC(=O)c4ccccc4N3)CC2)cc1. The van der Waals surface area contributed by atoms with Crippen molar-refractivity contribution in [3.05, 3.63) is 65.2 Å². The van der Waals surface area contributed by atoms with E-state index in [0.717, 1.165) is 36.9 Å². The molecule has 2 aromatic carbocycles. The number of likely N-dealkylation sites (tertiary alicyclic amines) is 1. The summed E-state index contributed by atoms with van der Waals surface area (Å²) in [6.45, 7) is 3.92. The molecule has 166 valence electrons. The molecule has 2 spiro atoms. The Bertz CT molecular complexity index is 1080. The van der Waals surface area contributed by atoms with E-state index in [4.69, 9.17) is 4.74 Å². The molecule has 3 heterocycles. The first-order chi connectivity index (χ1) is 15.4. The van der Waals surface area contributed by atoms with Gasteiger partial charge in [0.15, 0.2) is 0 Å². The lowest BCUT2D eigenvalue weighted by molar-refractivity contribution is -0.138. The number of fused-ring (bicyclic) bond motifs is 1. The number of anilines is 1. The lowest BCUT2D eigenvalue weighted by Gasteiger charge is -2.41. The number of nitrogens with zero attached hydrogens (tertiary/aromatic N) is 1. The van der Waals surface area contributed by atoms with Crippen molar-refractivity contribution in [1.29, 1.82) is 0 Å². The maximum Gasteiger partial charge on any atom is 0.255 e. The Balaban J connectivity index is 1.14. The summed E-state index contributed by atoms with van der Waals surface area (Å²) in [7, 11) is 0. The fourth-order valence-electron chi connectivity index (χ4n) is 5.82. The lowest BCUT2D eigenvalue weighted by Crippen LogP contribution is -2.59. The van der Waals surface area contributed by atoms with Crippen LogP contribution in [-0.2, 0) is 14.9 Å². The van der Waals surface area contributed by atoms with E-state index >= 15 is 0 Å². The van der Waals surface area contributed by atoms with Gasteiger partial charge >= 0.3 is 0 Å². The van der Waals surface area contributed by atoms with Crippen molar-refractivity contribution in [2.45, 2.75) is 55.7 Å². The van der Waals surface area contributed by atoms with E-state index in [0.29, 0.717) is 31.7 Å². The number of carbonyl (C=O) groups excluding carboxylic acids is 2. The normalized spacial score (nSPS) is 27.0. The van der Waals surface area contributed by atoms with Crippen LogP contribution < -0.4 is 10.6 Å². The summed E-state index contributed by atoms with van der Waals surface area (Å²) >= 11 is 0. The van der Waals surface area contributed by atoms with E-state index in [1.54, 1.807) is 0 Å². The van der Waals surface area contributed by atoms with E-state index in [2.05, 4.69) is 41.8 Å². The summed E-state index contributed by atoms with van der Waals surface area (Å²) < 4.78 is 6.35. The molecule has 3 fully saturated rings. The van der Waals surface area contributed by atoms with E-state index in [1.165, 1.54) is 5.56 Å². The molecule has 2 N–H and O–H groups in total. The van der Waals surface area contributed by atoms with Gasteiger partial charge in [0.1, 0.15) is 5.66 Å². The molecule has 6 heteroatoms. The van der Waals surface area contributed by atoms with Crippen molar-refractivity contribution in [2.24, 2.45) is 0 Å². The first-order valence-electron chi connectivity index (χ1n) is 11.6. The van der Waals surface area contributed by atoms with Gasteiger partial charge < -0.3 is 20.3 Å². The zero-order valence-electron chi connectivity index (χ0n) is 18.4. The van der Waals surface area contributed by atoms with Crippen molar-refractivity contribution >= 4 is 17.5 Å². The number of ether oxygens (including phenoxy) is 1. The molecule has 0 bridgehead atoms. The summed E-state index contributed by atoms with van der Waals surface area (Å²) in [6, 6.07) is 16.0. The van der Waals surface area contributed by atoms with Gasteiger partial charge in [0.2, 0.25) is 5.91 Å². The van der Waals surface area contributed by atoms with Crippen LogP contribution in [0.15, 0.2) is 48.5 Å². The van der Waals surface area contributed by atoms with Crippen LogP contribution in [0.1, 0.15) is 53.6 Å². The van der Waals surface area contributed by atoms with Gasteiger partial charge in [0.25, 0.3) is 5.91 Å². The van der Waals surface area contributed by atoms with Crippen molar-refractivity contribution in [3.8, 4) is 0 Å². The van der Waals surface area contributed by atoms with E-state index in [1.807, 2.05) is 29.2 Å². The Hall–Kier alpha value is -2.86. The molecule has 32 heavy (non-hydrogen) atoms. The third-order valence-corrected chi connectivity index (χ3v) is 7.87. The topological polar surface area (TPSA) is 70.7 Å². The number of carbonyl (C=O) groups is 2. The van der Waals surface area contributed by atoms with Gasteiger partial charge in [-0.15, -0.1) is 0 Å². The minimum absolute atomic E-state index is 0.0543. The van der Waals surface area contributed by atoms with Crippen molar-refractivity contribution in [2.75, 3.05) is 25.0 Å². The van der Waals surface area contributed by atoms with Gasteiger partial charge in [-0.1, -0.05) is 42.0 Å². The quantitative estimate of drug-likeness (QED) is 0.765. The second kappa shape index (κ2) is 6.82. The fourth-order valence-corrected chi connectivity index (χ4v) is 5.82. The highest BCUT2D eigenvalue weighted by Gasteiger charge is 2.56. The number of hydrogen-bond acceptors (Lipinski definition) is 4. The van der Waals surface area contributed by atoms with Crippen LogP contribution in [0, 0.1) is 6.92 Å². The molecular formula is C26H29N3O3. The van der Waals surface area contributed by atoms with Crippen molar-refractivity contribution in [1.82, 2.24) is 10.2 Å². The minimum atomic E-state index is -0.572. The zero-order valence-corrected chi connectivity index (χ0v) is 18.4. The van der Waals surface area contributed by atoms with Crippen LogP contribution in [0.4, 0.5) is 5.69 Å². The molecule has 2 saturated heterocycles. The molecule has 6 rings (SSSR count). The summed E-state index contributed by atoms with van der Waals surface area (Å²) in [4.78, 5) is 28.2. The molecule has 4 aliphatic rings. The largest absolute Gasteiger partial charge is 0.370 e. The number of para-hydroxylation sites is 1. The summed E-state index contributed by atoms with van der Waals surface area (Å²) in [6.07, 6.45) is 4.18. The highest BCUT2D eigenvalue weighted by Crippen LogP contribution is 2.51. The monoisotopic (exact) mass is 431 g/mol. The van der Waals surface area contributed by atoms with Gasteiger partial charge in [-0.3, -0.25) is 9.59 Å². The predicted molar refractivity (Wildman–Crippen MR) is 121 cm³/mol. The molecule has 0 radical (unpaired) electrons. The Labute approximate surface area is 188 Å². The molecule has 1 atom stereocenters. The predicted octanol–water partition coefficient (Wildman–Crippen LogP) is 3.36. The molecule has 0 unspecified atom stereocenters. The minimum Gasteiger partial charge on any atom is -0.370 e. The number of hydrogen-bond donors (Lipinski definition) is 2. The van der Waals surface area contributed by atoms with Gasteiger partial charge in [0, 0.05) is 25.2 Å². The van der Waals surface area contributed by atoms with E-state index in [-0.39, 0.29) is 22.8 Å². The van der Waals surface area contributed by atoms with Crippen molar-refractivity contribution in [3.63, 3.8) is 0 Å². The van der Waals surface area contributed by atoms with Gasteiger partial charge in [0.05, 0.1) is 23.2 Å². The maximum absolute atomic E-state index is 13.5. The zero-order chi connectivity index (χ0) is 22.0. The van der Waals surface area contributed by atoms with Crippen LogP contribution >= 0.6 is 0 Å². The highest BCUT2D eigenvalue weighted by molar-refractivity contribution is 6.02. The standard InChI is InChI=1S/C26H29N3O3/c1-18-6-8-19(9-7-18)25(10-11-25)23(31)29-14-12-24(13-15-29)16-26(17-32-24)27-21-5-3-2-4-20(21)22(30)28-26/h2-9,27H,10-17H2,1H3,(H,28,30)/t26-/m1/s1. The molecule has 3 aliphatic heterocycles. The average Bonchev–Trinajstić information content (AvgIpc) is 3.54. The third-order valence-electron chi connectivity index (χ3n) is 7.87. The van der Waals surface area contributed by atoms with Gasteiger partial charge in [-0.05, 0) is 50.3 Å².